The van der Waals surface area contributed by atoms with Gasteiger partial charge >= 0.3 is 5.69 Å². The number of rotatable bonds is 6. The zero-order valence-corrected chi connectivity index (χ0v) is 11.0. The van der Waals surface area contributed by atoms with Crippen molar-refractivity contribution in [1.82, 2.24) is 15.0 Å². The Morgan fingerprint density at radius 2 is 2.06 bits per heavy atom. The molecule has 0 aromatic carbocycles. The van der Waals surface area contributed by atoms with Gasteiger partial charge in [-0.25, -0.2) is 9.99 Å². The molecule has 1 aromatic rings. The number of hydrogen-bond acceptors (Lipinski definition) is 7. The molecule has 0 amide bonds. The molecule has 0 atom stereocenters. The predicted octanol–water partition coefficient (Wildman–Crippen LogP) is 1.40. The van der Waals surface area contributed by atoms with Crippen LogP contribution in [0, 0.1) is 17.0 Å². The van der Waals surface area contributed by atoms with Crippen LogP contribution in [0.4, 0.5) is 17.5 Å². The highest BCUT2D eigenvalue weighted by Crippen LogP contribution is 2.26. The highest BCUT2D eigenvalue weighted by Gasteiger charge is 2.22. The lowest BCUT2D eigenvalue weighted by Crippen LogP contribution is -2.22. The van der Waals surface area contributed by atoms with Gasteiger partial charge in [0.25, 0.3) is 0 Å². The molecule has 8 nitrogen and oxygen atoms in total. The van der Waals surface area contributed by atoms with Crippen LogP contribution in [0.15, 0.2) is 0 Å². The van der Waals surface area contributed by atoms with E-state index in [4.69, 9.17) is 0 Å². The molecule has 1 aromatic heterocycles. The molecule has 0 saturated carbocycles. The van der Waals surface area contributed by atoms with Crippen LogP contribution < -0.4 is 10.7 Å². The third-order valence-corrected chi connectivity index (χ3v) is 2.10. The number of hydrogen-bond donors (Lipinski definition) is 2. The molecule has 0 saturated heterocycles. The molecule has 0 aliphatic carbocycles. The maximum absolute atomic E-state index is 11.0. The van der Waals surface area contributed by atoms with Gasteiger partial charge in [-0.1, -0.05) is 6.92 Å². The first kappa shape index (κ1) is 14.1. The van der Waals surface area contributed by atoms with Crippen molar-refractivity contribution in [2.24, 2.45) is 0 Å². The third kappa shape index (κ3) is 3.52. The maximum Gasteiger partial charge on any atom is 0.333 e. The second-order valence-electron chi connectivity index (χ2n) is 4.02. The van der Waals surface area contributed by atoms with Crippen LogP contribution in [0.1, 0.15) is 19.0 Å². The van der Waals surface area contributed by atoms with Crippen LogP contribution in [-0.4, -0.2) is 40.5 Å². The van der Waals surface area contributed by atoms with Crippen molar-refractivity contribution in [3.63, 3.8) is 0 Å². The third-order valence-electron chi connectivity index (χ3n) is 2.10. The molecule has 0 aliphatic rings. The minimum atomic E-state index is -0.481. The number of aryl methyl sites for hydroxylation is 1. The van der Waals surface area contributed by atoms with E-state index in [0.717, 1.165) is 13.0 Å². The SMILES string of the molecule is CCCNc1nc(C)c([N+](=O)[O-])c(NN(C)C)n1. The molecular weight excluding hydrogens is 236 g/mol. The predicted molar refractivity (Wildman–Crippen MR) is 69.5 cm³/mol. The summed E-state index contributed by atoms with van der Waals surface area (Å²) in [5.41, 5.74) is 3.04. The highest BCUT2D eigenvalue weighted by atomic mass is 16.6. The zero-order chi connectivity index (χ0) is 13.7. The Kier molecular flexibility index (Phi) is 4.78. The van der Waals surface area contributed by atoms with E-state index in [9.17, 15) is 10.1 Å². The fourth-order valence-corrected chi connectivity index (χ4v) is 1.39. The Bertz CT molecular complexity index is 435. The van der Waals surface area contributed by atoms with E-state index < -0.39 is 4.92 Å². The first-order valence-electron chi connectivity index (χ1n) is 5.66. The lowest BCUT2D eigenvalue weighted by Gasteiger charge is -2.14. The molecule has 0 radical (unpaired) electrons. The number of anilines is 2. The van der Waals surface area contributed by atoms with Crippen molar-refractivity contribution in [2.45, 2.75) is 20.3 Å². The minimum Gasteiger partial charge on any atom is -0.354 e. The summed E-state index contributed by atoms with van der Waals surface area (Å²) >= 11 is 0. The molecule has 1 rings (SSSR count). The lowest BCUT2D eigenvalue weighted by molar-refractivity contribution is -0.385. The molecular formula is C10H18N6O2. The van der Waals surface area contributed by atoms with Crippen LogP contribution in [0.3, 0.4) is 0 Å². The summed E-state index contributed by atoms with van der Waals surface area (Å²) in [4.78, 5) is 18.7. The molecule has 2 N–H and O–H groups in total. The van der Waals surface area contributed by atoms with E-state index in [-0.39, 0.29) is 11.5 Å². The minimum absolute atomic E-state index is 0.106. The summed E-state index contributed by atoms with van der Waals surface area (Å²) < 4.78 is 0. The van der Waals surface area contributed by atoms with Gasteiger partial charge in [0.2, 0.25) is 11.8 Å². The molecule has 100 valence electrons. The van der Waals surface area contributed by atoms with Crippen LogP contribution in [-0.2, 0) is 0 Å². The van der Waals surface area contributed by atoms with Gasteiger partial charge in [-0.05, 0) is 13.3 Å². The summed E-state index contributed by atoms with van der Waals surface area (Å²) in [7, 11) is 3.47. The number of nitrogens with zero attached hydrogens (tertiary/aromatic N) is 4. The Morgan fingerprint density at radius 1 is 1.39 bits per heavy atom. The van der Waals surface area contributed by atoms with Crippen molar-refractivity contribution in [2.75, 3.05) is 31.4 Å². The molecule has 0 aliphatic heterocycles. The summed E-state index contributed by atoms with van der Waals surface area (Å²) in [5.74, 6) is 0.584. The monoisotopic (exact) mass is 254 g/mol. The summed E-state index contributed by atoms with van der Waals surface area (Å²) in [6.45, 7) is 4.33. The fraction of sp³-hybridized carbons (Fsp3) is 0.600. The van der Waals surface area contributed by atoms with Gasteiger partial charge in [-0.3, -0.25) is 15.5 Å². The van der Waals surface area contributed by atoms with Gasteiger partial charge in [0.15, 0.2) is 0 Å². The molecule has 0 fully saturated rings. The van der Waals surface area contributed by atoms with Crippen molar-refractivity contribution in [1.29, 1.82) is 0 Å². The summed E-state index contributed by atoms with van der Waals surface area (Å²) in [5, 5.41) is 15.6. The van der Waals surface area contributed by atoms with Crippen molar-refractivity contribution in [3.05, 3.63) is 15.8 Å². The smallest absolute Gasteiger partial charge is 0.333 e. The Balaban J connectivity index is 3.14. The normalized spacial score (nSPS) is 10.5. The van der Waals surface area contributed by atoms with E-state index in [0.29, 0.717) is 11.6 Å². The largest absolute Gasteiger partial charge is 0.354 e. The van der Waals surface area contributed by atoms with Crippen LogP contribution >= 0.6 is 0 Å². The molecule has 0 bridgehead atoms. The molecule has 18 heavy (non-hydrogen) atoms. The van der Waals surface area contributed by atoms with E-state index >= 15 is 0 Å². The van der Waals surface area contributed by atoms with Crippen molar-refractivity contribution >= 4 is 17.5 Å². The second kappa shape index (κ2) is 6.10. The fourth-order valence-electron chi connectivity index (χ4n) is 1.39. The van der Waals surface area contributed by atoms with Gasteiger partial charge < -0.3 is 5.32 Å². The molecule has 0 unspecified atom stereocenters. The quantitative estimate of drug-likeness (QED) is 0.585. The number of nitrogens with one attached hydrogen (secondary N) is 2. The van der Waals surface area contributed by atoms with Crippen LogP contribution in [0.5, 0.6) is 0 Å². The first-order valence-corrected chi connectivity index (χ1v) is 5.66. The Hall–Kier alpha value is -1.96. The second-order valence-corrected chi connectivity index (χ2v) is 4.02. The lowest BCUT2D eigenvalue weighted by atomic mass is 10.3. The average Bonchev–Trinajstić information content (AvgIpc) is 2.24. The van der Waals surface area contributed by atoms with Gasteiger partial charge in [-0.2, -0.15) is 4.98 Å². The van der Waals surface area contributed by atoms with Crippen LogP contribution in [0.2, 0.25) is 0 Å². The van der Waals surface area contributed by atoms with E-state index in [2.05, 4.69) is 20.7 Å². The maximum atomic E-state index is 11.0. The van der Waals surface area contributed by atoms with Gasteiger partial charge in [0, 0.05) is 20.6 Å². The van der Waals surface area contributed by atoms with E-state index in [1.54, 1.807) is 26.0 Å². The Labute approximate surface area is 106 Å². The van der Waals surface area contributed by atoms with E-state index in [1.165, 1.54) is 0 Å². The average molecular weight is 254 g/mol. The Morgan fingerprint density at radius 3 is 2.56 bits per heavy atom. The van der Waals surface area contributed by atoms with Crippen LogP contribution in [0.25, 0.3) is 0 Å². The molecule has 0 spiro atoms. The van der Waals surface area contributed by atoms with Crippen molar-refractivity contribution < 1.29 is 4.92 Å². The standard InChI is InChI=1S/C10H18N6O2/c1-5-6-11-10-12-7(2)8(16(17)18)9(13-10)14-15(3)4/h5-6H2,1-4H3,(H2,11,12,13,14). The van der Waals surface area contributed by atoms with Gasteiger partial charge in [0.05, 0.1) is 4.92 Å². The highest BCUT2D eigenvalue weighted by molar-refractivity contribution is 5.60. The zero-order valence-electron chi connectivity index (χ0n) is 11.0. The first-order chi connectivity index (χ1) is 8.45. The summed E-state index contributed by atoms with van der Waals surface area (Å²) in [6, 6.07) is 0. The number of aromatic nitrogens is 2. The van der Waals surface area contributed by atoms with Gasteiger partial charge in [0.1, 0.15) is 5.69 Å². The molecule has 8 heteroatoms. The number of nitro groups is 1. The topological polar surface area (TPSA) is 96.2 Å². The summed E-state index contributed by atoms with van der Waals surface area (Å²) in [6.07, 6.45) is 0.926. The van der Waals surface area contributed by atoms with Crippen molar-refractivity contribution in [3.8, 4) is 0 Å². The number of hydrazine groups is 1. The van der Waals surface area contributed by atoms with Gasteiger partial charge in [-0.15, -0.1) is 0 Å². The van der Waals surface area contributed by atoms with E-state index in [1.807, 2.05) is 6.92 Å². The molecule has 1 heterocycles.